The van der Waals surface area contributed by atoms with E-state index in [2.05, 4.69) is 10.2 Å². The Kier molecular flexibility index (Phi) is 1.20. The molecule has 0 bridgehead atoms. The Hall–Kier alpha value is -0.150. The topological polar surface area (TPSA) is 28.7 Å². The number of nitrogens with one attached hydrogen (secondary N) is 1. The van der Waals surface area contributed by atoms with Gasteiger partial charge >= 0.3 is 0 Å². The zero-order chi connectivity index (χ0) is 6.27. The maximum Gasteiger partial charge on any atom is 0.155 e. The number of fused-ring (bicyclic) bond motifs is 1. The third-order valence-corrected chi connectivity index (χ3v) is 2.69. The predicted octanol–water partition coefficient (Wildman–Crippen LogP) is 1.81. The Morgan fingerprint density at radius 2 is 2.44 bits per heavy atom. The molecule has 0 fully saturated rings. The van der Waals surface area contributed by atoms with E-state index in [9.17, 15) is 0 Å². The number of H-pyrrole nitrogens is 1. The summed E-state index contributed by atoms with van der Waals surface area (Å²) in [4.78, 5) is 0. The lowest BCUT2D eigenvalue weighted by Crippen LogP contribution is -1.74. The van der Waals surface area contributed by atoms with Crippen molar-refractivity contribution < 1.29 is 0 Å². The van der Waals surface area contributed by atoms with Crippen molar-refractivity contribution >= 4 is 23.4 Å². The SMILES string of the molecule is Clc1n[nH]c2c1CSC2. The molecular formula is C5H5ClN2S. The average molecular weight is 161 g/mol. The van der Waals surface area contributed by atoms with Crippen molar-refractivity contribution in [2.45, 2.75) is 11.5 Å². The van der Waals surface area contributed by atoms with Gasteiger partial charge in [-0.05, 0) is 0 Å². The van der Waals surface area contributed by atoms with E-state index < -0.39 is 0 Å². The molecule has 2 heterocycles. The summed E-state index contributed by atoms with van der Waals surface area (Å²) in [5, 5.41) is 7.40. The summed E-state index contributed by atoms with van der Waals surface area (Å²) in [7, 11) is 0. The lowest BCUT2D eigenvalue weighted by Gasteiger charge is -1.82. The van der Waals surface area contributed by atoms with Crippen molar-refractivity contribution in [1.29, 1.82) is 0 Å². The van der Waals surface area contributed by atoms with Crippen LogP contribution >= 0.6 is 23.4 Å². The van der Waals surface area contributed by atoms with E-state index in [0.29, 0.717) is 5.15 Å². The van der Waals surface area contributed by atoms with Gasteiger partial charge in [-0.15, -0.1) is 0 Å². The van der Waals surface area contributed by atoms with Gasteiger partial charge in [-0.1, -0.05) is 11.6 Å². The normalized spacial score (nSPS) is 16.1. The molecule has 1 aromatic rings. The summed E-state index contributed by atoms with van der Waals surface area (Å²) in [5.41, 5.74) is 2.40. The Balaban J connectivity index is 2.56. The van der Waals surface area contributed by atoms with Crippen LogP contribution in [0.25, 0.3) is 0 Å². The molecule has 4 heteroatoms. The second-order valence-corrected chi connectivity index (χ2v) is 3.31. The van der Waals surface area contributed by atoms with E-state index in [1.165, 1.54) is 11.3 Å². The van der Waals surface area contributed by atoms with Crippen molar-refractivity contribution in [3.63, 3.8) is 0 Å². The minimum Gasteiger partial charge on any atom is -0.280 e. The molecule has 0 amide bonds. The monoisotopic (exact) mass is 160 g/mol. The van der Waals surface area contributed by atoms with Crippen LogP contribution in [0.1, 0.15) is 11.3 Å². The van der Waals surface area contributed by atoms with Crippen LogP contribution in [0.4, 0.5) is 0 Å². The van der Waals surface area contributed by atoms with Crippen LogP contribution < -0.4 is 0 Å². The van der Waals surface area contributed by atoms with E-state index in [0.717, 1.165) is 11.5 Å². The molecule has 0 radical (unpaired) electrons. The van der Waals surface area contributed by atoms with Gasteiger partial charge in [0.1, 0.15) is 0 Å². The molecule has 1 aromatic heterocycles. The highest BCUT2D eigenvalue weighted by molar-refractivity contribution is 7.98. The van der Waals surface area contributed by atoms with Crippen LogP contribution in [-0.4, -0.2) is 10.2 Å². The van der Waals surface area contributed by atoms with Crippen molar-refractivity contribution in [1.82, 2.24) is 10.2 Å². The van der Waals surface area contributed by atoms with Crippen molar-refractivity contribution in [2.75, 3.05) is 0 Å². The molecule has 2 rings (SSSR count). The molecule has 48 valence electrons. The van der Waals surface area contributed by atoms with Crippen molar-refractivity contribution in [2.24, 2.45) is 0 Å². The Morgan fingerprint density at radius 1 is 1.56 bits per heavy atom. The lowest BCUT2D eigenvalue weighted by atomic mass is 10.3. The van der Waals surface area contributed by atoms with Crippen LogP contribution in [0.5, 0.6) is 0 Å². The fourth-order valence-electron chi connectivity index (χ4n) is 0.897. The standard InChI is InChI=1S/C5H5ClN2S/c6-5-3-1-9-2-4(3)7-8-5/h1-2H2,(H,7,8). The van der Waals surface area contributed by atoms with Gasteiger partial charge in [0.05, 0.1) is 5.69 Å². The first-order chi connectivity index (χ1) is 4.38. The number of thioether (sulfide) groups is 1. The third kappa shape index (κ3) is 0.756. The molecule has 1 aliphatic rings. The molecule has 1 aliphatic heterocycles. The summed E-state index contributed by atoms with van der Waals surface area (Å²) in [6.45, 7) is 0. The number of hydrogen-bond donors (Lipinski definition) is 1. The molecule has 0 unspecified atom stereocenters. The van der Waals surface area contributed by atoms with Gasteiger partial charge in [0, 0.05) is 17.1 Å². The van der Waals surface area contributed by atoms with Gasteiger partial charge in [0.2, 0.25) is 0 Å². The highest BCUT2D eigenvalue weighted by Crippen LogP contribution is 2.32. The van der Waals surface area contributed by atoms with Gasteiger partial charge in [-0.2, -0.15) is 16.9 Å². The zero-order valence-electron chi connectivity index (χ0n) is 4.65. The highest BCUT2D eigenvalue weighted by atomic mass is 35.5. The van der Waals surface area contributed by atoms with Crippen LogP contribution in [0, 0.1) is 0 Å². The maximum atomic E-state index is 5.73. The van der Waals surface area contributed by atoms with E-state index in [1.807, 2.05) is 11.8 Å². The molecule has 2 nitrogen and oxygen atoms in total. The van der Waals surface area contributed by atoms with Crippen LogP contribution in [0.15, 0.2) is 0 Å². The number of nitrogens with zero attached hydrogens (tertiary/aromatic N) is 1. The Morgan fingerprint density at radius 3 is 3.22 bits per heavy atom. The molecule has 0 saturated carbocycles. The van der Waals surface area contributed by atoms with Gasteiger partial charge in [-0.25, -0.2) is 0 Å². The molecule has 0 aliphatic carbocycles. The molecule has 0 saturated heterocycles. The number of halogens is 1. The van der Waals surface area contributed by atoms with Gasteiger partial charge < -0.3 is 0 Å². The predicted molar refractivity (Wildman–Crippen MR) is 38.6 cm³/mol. The van der Waals surface area contributed by atoms with Crippen LogP contribution in [0.3, 0.4) is 0 Å². The quantitative estimate of drug-likeness (QED) is 0.627. The molecular weight excluding hydrogens is 156 g/mol. The first kappa shape index (κ1) is 5.62. The summed E-state index contributed by atoms with van der Waals surface area (Å²) in [6.07, 6.45) is 0. The average Bonchev–Trinajstić information content (AvgIpc) is 2.35. The molecule has 9 heavy (non-hydrogen) atoms. The Bertz CT molecular complexity index is 233. The minimum atomic E-state index is 0.648. The van der Waals surface area contributed by atoms with E-state index >= 15 is 0 Å². The number of hydrogen-bond acceptors (Lipinski definition) is 2. The summed E-state index contributed by atoms with van der Waals surface area (Å²) >= 11 is 7.60. The summed E-state index contributed by atoms with van der Waals surface area (Å²) in [5.74, 6) is 2.06. The zero-order valence-corrected chi connectivity index (χ0v) is 6.22. The van der Waals surface area contributed by atoms with Crippen molar-refractivity contribution in [3.05, 3.63) is 16.4 Å². The largest absolute Gasteiger partial charge is 0.280 e. The molecule has 1 N–H and O–H groups in total. The number of aromatic amines is 1. The van der Waals surface area contributed by atoms with Crippen LogP contribution in [-0.2, 0) is 11.5 Å². The van der Waals surface area contributed by atoms with E-state index in [1.54, 1.807) is 0 Å². The number of rotatable bonds is 0. The molecule has 0 spiro atoms. The summed E-state index contributed by atoms with van der Waals surface area (Å²) < 4.78 is 0. The minimum absolute atomic E-state index is 0.648. The van der Waals surface area contributed by atoms with Crippen LogP contribution in [0.2, 0.25) is 5.15 Å². The highest BCUT2D eigenvalue weighted by Gasteiger charge is 2.16. The molecule has 0 atom stereocenters. The second kappa shape index (κ2) is 1.92. The van der Waals surface area contributed by atoms with E-state index in [4.69, 9.17) is 11.6 Å². The first-order valence-corrected chi connectivity index (χ1v) is 4.20. The smallest absolute Gasteiger partial charge is 0.155 e. The molecule has 0 aromatic carbocycles. The van der Waals surface area contributed by atoms with E-state index in [-0.39, 0.29) is 0 Å². The lowest BCUT2D eigenvalue weighted by molar-refractivity contribution is 1.04. The van der Waals surface area contributed by atoms with Gasteiger partial charge in [0.15, 0.2) is 5.15 Å². The van der Waals surface area contributed by atoms with Gasteiger partial charge in [-0.3, -0.25) is 5.10 Å². The summed E-state index contributed by atoms with van der Waals surface area (Å²) in [6, 6.07) is 0. The Labute approximate surface area is 62.0 Å². The van der Waals surface area contributed by atoms with Crippen molar-refractivity contribution in [3.8, 4) is 0 Å². The maximum absolute atomic E-state index is 5.73. The third-order valence-electron chi connectivity index (χ3n) is 1.40. The fraction of sp³-hybridized carbons (Fsp3) is 0.400. The fourth-order valence-corrected chi connectivity index (χ4v) is 2.26. The first-order valence-electron chi connectivity index (χ1n) is 2.67. The van der Waals surface area contributed by atoms with Gasteiger partial charge in [0.25, 0.3) is 0 Å². The number of aromatic nitrogens is 2. The second-order valence-electron chi connectivity index (χ2n) is 1.96.